The Morgan fingerprint density at radius 1 is 0.297 bits per heavy atom. The van der Waals surface area contributed by atoms with E-state index in [4.69, 9.17) is 0 Å². The van der Waals surface area contributed by atoms with Crippen LogP contribution in [0.25, 0.3) is 11.1 Å². The highest BCUT2D eigenvalue weighted by Gasteiger charge is 2.45. The molecule has 0 radical (unpaired) electrons. The van der Waals surface area contributed by atoms with Gasteiger partial charge in [-0.25, -0.2) is 0 Å². The van der Waals surface area contributed by atoms with Crippen molar-refractivity contribution in [1.29, 1.82) is 0 Å². The fourth-order valence-corrected chi connectivity index (χ4v) is 4.40. The average molecular weight is 499 g/mol. The zero-order chi connectivity index (χ0) is 28.7. The molecule has 0 saturated carbocycles. The summed E-state index contributed by atoms with van der Waals surface area (Å²) in [4.78, 5) is 0. The molecular weight excluding hydrogens is 444 g/mol. The van der Waals surface area contributed by atoms with E-state index in [9.17, 15) is 0 Å². The number of hydrogen-bond donors (Lipinski definition) is 0. The van der Waals surface area contributed by atoms with Crippen LogP contribution in [0.3, 0.4) is 0 Å². The monoisotopic (exact) mass is 498 g/mol. The Kier molecular flexibility index (Phi) is 21.5. The Labute approximate surface area is 230 Å². The van der Waals surface area contributed by atoms with Gasteiger partial charge in [-0.1, -0.05) is 192 Å². The summed E-state index contributed by atoms with van der Waals surface area (Å²) in [5.41, 5.74) is 7.80. The van der Waals surface area contributed by atoms with Crippen molar-refractivity contribution < 1.29 is 0 Å². The van der Waals surface area contributed by atoms with Crippen molar-refractivity contribution in [2.45, 2.75) is 88.5 Å². The van der Waals surface area contributed by atoms with Gasteiger partial charge in [0.05, 0.1) is 5.41 Å². The predicted molar refractivity (Wildman–Crippen MR) is 172 cm³/mol. The minimum atomic E-state index is -0.254. The molecule has 0 heteroatoms. The lowest BCUT2D eigenvalue weighted by Crippen LogP contribution is -2.28. The number of benzene rings is 4. The molecule has 202 valence electrons. The topological polar surface area (TPSA) is 0 Å². The minimum absolute atomic E-state index is 0.254. The number of rotatable bonds is 2. The Hall–Kier alpha value is -3.12. The lowest BCUT2D eigenvalue weighted by Gasteiger charge is -2.33. The van der Waals surface area contributed by atoms with Crippen LogP contribution in [0.15, 0.2) is 109 Å². The fourth-order valence-electron chi connectivity index (χ4n) is 4.40. The summed E-state index contributed by atoms with van der Waals surface area (Å²) in [6.45, 7) is 24.0. The highest BCUT2D eigenvalue weighted by molar-refractivity contribution is 5.86. The zero-order valence-corrected chi connectivity index (χ0v) is 25.9. The summed E-state index contributed by atoms with van der Waals surface area (Å²) in [7, 11) is 0. The molecule has 0 bridgehead atoms. The van der Waals surface area contributed by atoms with E-state index in [-0.39, 0.29) is 5.41 Å². The van der Waals surface area contributed by atoms with Gasteiger partial charge < -0.3 is 0 Å². The highest BCUT2D eigenvalue weighted by atomic mass is 14.5. The van der Waals surface area contributed by atoms with Crippen molar-refractivity contribution in [3.8, 4) is 11.1 Å². The molecule has 0 heterocycles. The fraction of sp³-hybridized carbons (Fsp3) is 0.351. The van der Waals surface area contributed by atoms with E-state index in [1.54, 1.807) is 0 Å². The molecule has 4 aromatic carbocycles. The highest BCUT2D eigenvalue weighted by Crippen LogP contribution is 2.55. The van der Waals surface area contributed by atoms with E-state index in [2.05, 4.69) is 109 Å². The third-order valence-corrected chi connectivity index (χ3v) is 5.37. The molecule has 0 aromatic heterocycles. The molecule has 0 spiro atoms. The van der Waals surface area contributed by atoms with Gasteiger partial charge in [0, 0.05) is 0 Å². The van der Waals surface area contributed by atoms with E-state index < -0.39 is 0 Å². The van der Waals surface area contributed by atoms with Gasteiger partial charge >= 0.3 is 0 Å². The van der Waals surface area contributed by atoms with Crippen LogP contribution in [0.2, 0.25) is 0 Å². The summed E-state index contributed by atoms with van der Waals surface area (Å²) in [6, 6.07) is 39.5. The summed E-state index contributed by atoms with van der Waals surface area (Å²) in [5.74, 6) is 0. The standard InChI is InChI=1S/C25H18.6C2H6/c1-3-11-19(12-4-1)25(20-13-5-2-6-14-20)23-17-9-7-15-21(23)22-16-8-10-18-24(22)25;6*1-2/h1-18H;6*1-2H3. The molecule has 0 aliphatic heterocycles. The first-order chi connectivity index (χ1) is 18.4. The second kappa shape index (κ2) is 22.1. The van der Waals surface area contributed by atoms with Crippen LogP contribution < -0.4 is 0 Å². The van der Waals surface area contributed by atoms with Crippen LogP contribution in [0.5, 0.6) is 0 Å². The van der Waals surface area contributed by atoms with Gasteiger partial charge in [0.1, 0.15) is 0 Å². The first kappa shape index (κ1) is 36.0. The van der Waals surface area contributed by atoms with Crippen molar-refractivity contribution in [3.05, 3.63) is 131 Å². The molecule has 0 nitrogen and oxygen atoms in total. The Balaban J connectivity index is 0. The molecule has 1 aliphatic rings. The van der Waals surface area contributed by atoms with Gasteiger partial charge in [-0.05, 0) is 33.4 Å². The van der Waals surface area contributed by atoms with Crippen LogP contribution >= 0.6 is 0 Å². The van der Waals surface area contributed by atoms with E-state index in [1.807, 2.05) is 83.1 Å². The van der Waals surface area contributed by atoms with Crippen molar-refractivity contribution >= 4 is 0 Å². The van der Waals surface area contributed by atoms with E-state index in [0.717, 1.165) is 0 Å². The second-order valence-corrected chi connectivity index (χ2v) is 6.57. The Bertz CT molecular complexity index is 943. The zero-order valence-electron chi connectivity index (χ0n) is 25.9. The second-order valence-electron chi connectivity index (χ2n) is 6.57. The quantitative estimate of drug-likeness (QED) is 0.227. The minimum Gasteiger partial charge on any atom is -0.0683 e. The third-order valence-electron chi connectivity index (χ3n) is 5.37. The molecule has 0 atom stereocenters. The van der Waals surface area contributed by atoms with Crippen LogP contribution in [0.1, 0.15) is 105 Å². The molecule has 37 heavy (non-hydrogen) atoms. The lowest BCUT2D eigenvalue weighted by atomic mass is 9.68. The van der Waals surface area contributed by atoms with Gasteiger partial charge in [0.15, 0.2) is 0 Å². The molecule has 0 N–H and O–H groups in total. The van der Waals surface area contributed by atoms with E-state index in [1.165, 1.54) is 33.4 Å². The SMILES string of the molecule is CC.CC.CC.CC.CC.CC.c1ccc(C2(c3ccccc3)c3ccccc3-c3ccccc32)cc1. The number of fused-ring (bicyclic) bond motifs is 3. The summed E-state index contributed by atoms with van der Waals surface area (Å²) < 4.78 is 0. The third kappa shape index (κ3) is 7.93. The smallest absolute Gasteiger partial charge is 0.0683 e. The van der Waals surface area contributed by atoms with Crippen molar-refractivity contribution in [2.24, 2.45) is 0 Å². The molecular formula is C37H54. The van der Waals surface area contributed by atoms with Crippen molar-refractivity contribution in [3.63, 3.8) is 0 Å². The molecule has 4 aromatic rings. The molecule has 0 saturated heterocycles. The summed E-state index contributed by atoms with van der Waals surface area (Å²) in [5, 5.41) is 0. The van der Waals surface area contributed by atoms with Crippen molar-refractivity contribution in [1.82, 2.24) is 0 Å². The molecule has 5 rings (SSSR count). The maximum absolute atomic E-state index is 2.29. The normalized spacial score (nSPS) is 10.4. The first-order valence-electron chi connectivity index (χ1n) is 14.7. The van der Waals surface area contributed by atoms with Crippen LogP contribution in [-0.4, -0.2) is 0 Å². The predicted octanol–water partition coefficient (Wildman–Crippen LogP) is 12.2. The largest absolute Gasteiger partial charge is 0.0713 e. The first-order valence-corrected chi connectivity index (χ1v) is 14.7. The molecule has 1 aliphatic carbocycles. The van der Waals surface area contributed by atoms with Crippen LogP contribution in [0.4, 0.5) is 0 Å². The molecule has 0 fully saturated rings. The van der Waals surface area contributed by atoms with Crippen molar-refractivity contribution in [2.75, 3.05) is 0 Å². The van der Waals surface area contributed by atoms with Crippen LogP contribution in [-0.2, 0) is 5.41 Å². The summed E-state index contributed by atoms with van der Waals surface area (Å²) >= 11 is 0. The molecule has 0 amide bonds. The van der Waals surface area contributed by atoms with Gasteiger partial charge in [-0.3, -0.25) is 0 Å². The Morgan fingerprint density at radius 3 is 0.838 bits per heavy atom. The lowest BCUT2D eigenvalue weighted by molar-refractivity contribution is 0.768. The van der Waals surface area contributed by atoms with Gasteiger partial charge in [0.2, 0.25) is 0 Å². The van der Waals surface area contributed by atoms with Gasteiger partial charge in [0.25, 0.3) is 0 Å². The summed E-state index contributed by atoms with van der Waals surface area (Å²) in [6.07, 6.45) is 0. The maximum atomic E-state index is 2.29. The molecule has 0 unspecified atom stereocenters. The van der Waals surface area contributed by atoms with E-state index in [0.29, 0.717) is 0 Å². The van der Waals surface area contributed by atoms with E-state index >= 15 is 0 Å². The Morgan fingerprint density at radius 2 is 0.541 bits per heavy atom. The van der Waals surface area contributed by atoms with Gasteiger partial charge in [-0.15, -0.1) is 0 Å². The number of hydrogen-bond acceptors (Lipinski definition) is 0. The van der Waals surface area contributed by atoms with Gasteiger partial charge in [-0.2, -0.15) is 0 Å². The van der Waals surface area contributed by atoms with Crippen LogP contribution in [0, 0.1) is 0 Å². The maximum Gasteiger partial charge on any atom is 0.0713 e. The average Bonchev–Trinajstić information content (AvgIpc) is 3.35.